The molecule has 0 saturated carbocycles. The molecule has 0 heterocycles. The van der Waals surface area contributed by atoms with Gasteiger partial charge in [-0.3, -0.25) is 0 Å². The summed E-state index contributed by atoms with van der Waals surface area (Å²) in [6, 6.07) is 1.28. The molecule has 0 amide bonds. The van der Waals surface area contributed by atoms with Gasteiger partial charge in [0.25, 0.3) is 10.0 Å². The third-order valence-electron chi connectivity index (χ3n) is 0.990. The van der Waals surface area contributed by atoms with E-state index in [4.69, 9.17) is 8.23 Å². The largest absolute Gasteiger partial charge is 0.449 e. The second kappa shape index (κ2) is 8.57. The van der Waals surface area contributed by atoms with Gasteiger partial charge in [-0.1, -0.05) is 19.8 Å². The average Bonchev–Trinajstić information content (AvgIpc) is 1.89. The van der Waals surface area contributed by atoms with Crippen LogP contribution in [0.15, 0.2) is 0 Å². The zero-order chi connectivity index (χ0) is 6.95. The monoisotopic (exact) mass is 179 g/mol. The number of rotatable bonds is 6. The lowest BCUT2D eigenvalue weighted by molar-refractivity contribution is 0.500. The molecule has 0 aromatic heterocycles. The summed E-state index contributed by atoms with van der Waals surface area (Å²) in [6.45, 7) is 3.76. The minimum Gasteiger partial charge on any atom is -0.449 e. The van der Waals surface area contributed by atoms with Crippen molar-refractivity contribution in [1.29, 1.82) is 0 Å². The predicted molar refractivity (Wildman–Crippen MR) is 48.6 cm³/mol. The fourth-order valence-electron chi connectivity index (χ4n) is 0.523. The fraction of sp³-hybridized carbons (Fsp3) is 0.750. The first-order valence-corrected chi connectivity index (χ1v) is 6.82. The molecule has 0 aromatic carbocycles. The Morgan fingerprint density at radius 3 is 2.89 bits per heavy atom. The molecule has 5 heteroatoms. The Morgan fingerprint density at radius 2 is 2.33 bits per heavy atom. The van der Waals surface area contributed by atoms with E-state index in [1.54, 1.807) is 0 Å². The summed E-state index contributed by atoms with van der Waals surface area (Å²) in [6.07, 6.45) is 2.29. The van der Waals surface area contributed by atoms with Gasteiger partial charge in [0.05, 0.1) is 0 Å². The van der Waals surface area contributed by atoms with Gasteiger partial charge in [0.2, 0.25) is 0 Å². The molecule has 0 fully saturated rings. The van der Waals surface area contributed by atoms with Crippen molar-refractivity contribution in [3.63, 3.8) is 0 Å². The van der Waals surface area contributed by atoms with Crippen LogP contribution in [-0.2, 0) is 8.23 Å². The summed E-state index contributed by atoms with van der Waals surface area (Å²) >= 11 is 0. The van der Waals surface area contributed by atoms with Crippen LogP contribution in [0.25, 0.3) is 0 Å². The van der Waals surface area contributed by atoms with Crippen LogP contribution >= 0.6 is 0 Å². The highest BCUT2D eigenvalue weighted by molar-refractivity contribution is 6.41. The van der Waals surface area contributed by atoms with Gasteiger partial charge in [-0.05, 0) is 6.04 Å². The first-order chi connectivity index (χ1) is 4.41. The van der Waals surface area contributed by atoms with Gasteiger partial charge < -0.3 is 8.23 Å². The van der Waals surface area contributed by atoms with E-state index in [0.717, 1.165) is 16.9 Å². The van der Waals surface area contributed by atoms with E-state index in [-0.39, 0.29) is 9.76 Å². The summed E-state index contributed by atoms with van der Waals surface area (Å²) in [7, 11) is 0.160. The van der Waals surface area contributed by atoms with E-state index in [1.807, 2.05) is 0 Å². The minimum atomic E-state index is -0.503. The van der Waals surface area contributed by atoms with E-state index >= 15 is 0 Å². The Morgan fingerprint density at radius 1 is 1.56 bits per heavy atom. The molecule has 0 saturated heterocycles. The van der Waals surface area contributed by atoms with Crippen LogP contribution in [0.1, 0.15) is 12.8 Å². The highest BCUT2D eigenvalue weighted by Crippen LogP contribution is 1.91. The van der Waals surface area contributed by atoms with Gasteiger partial charge in [-0.25, -0.2) is 0 Å². The lowest BCUT2D eigenvalue weighted by Crippen LogP contribution is -2.05. The second-order valence-electron chi connectivity index (χ2n) is 1.88. The molecule has 0 N–H and O–H groups in total. The summed E-state index contributed by atoms with van der Waals surface area (Å²) in [4.78, 5) is 0. The summed E-state index contributed by atoms with van der Waals surface area (Å²) in [5, 5.41) is 0. The number of unbranched alkanes of at least 4 members (excludes halogenated alkanes) is 1. The quantitative estimate of drug-likeness (QED) is 0.362. The van der Waals surface area contributed by atoms with Crippen LogP contribution < -0.4 is 0 Å². The van der Waals surface area contributed by atoms with Gasteiger partial charge in [0.15, 0.2) is 0 Å². The molecule has 2 nitrogen and oxygen atoms in total. The van der Waals surface area contributed by atoms with Gasteiger partial charge in [-0.15, -0.1) is 0 Å². The number of hydrogen-bond acceptors (Lipinski definition) is 2. The molecular formula is C4H15O2Si3. The zero-order valence-electron chi connectivity index (χ0n) is 6.06. The SMILES string of the molecule is [CH2]CCC[SiH2]O[SiH2]O[SiH3]. The van der Waals surface area contributed by atoms with Crippen LogP contribution in [0.2, 0.25) is 6.04 Å². The zero-order valence-corrected chi connectivity index (χ0v) is 10.9. The first kappa shape index (κ1) is 9.57. The standard InChI is InChI=1S/C4H15O2Si3/c1-2-3-4-8-6-9-5-7/h1-4,8-9H2,7H3. The topological polar surface area (TPSA) is 18.5 Å². The van der Waals surface area contributed by atoms with Crippen molar-refractivity contribution in [3.8, 4) is 0 Å². The van der Waals surface area contributed by atoms with E-state index in [0.29, 0.717) is 0 Å². The second-order valence-corrected chi connectivity index (χ2v) is 7.17. The molecule has 0 bridgehead atoms. The molecular weight excluding hydrogens is 164 g/mol. The molecule has 0 aliphatic carbocycles. The Bertz CT molecular complexity index is 47.1. The summed E-state index contributed by atoms with van der Waals surface area (Å²) in [5.41, 5.74) is 0. The smallest absolute Gasteiger partial charge is 0.282 e. The maximum Gasteiger partial charge on any atom is 0.282 e. The summed E-state index contributed by atoms with van der Waals surface area (Å²) in [5.74, 6) is 0. The maximum atomic E-state index is 5.35. The fourth-order valence-corrected chi connectivity index (χ4v) is 4.54. The lowest BCUT2D eigenvalue weighted by atomic mass is 10.4. The molecule has 1 radical (unpaired) electrons. The number of hydrogen-bond donors (Lipinski definition) is 0. The van der Waals surface area contributed by atoms with E-state index in [9.17, 15) is 0 Å². The van der Waals surface area contributed by atoms with Crippen molar-refractivity contribution in [2.24, 2.45) is 0 Å². The molecule has 0 unspecified atom stereocenters. The Balaban J connectivity index is 2.60. The highest BCUT2D eigenvalue weighted by Gasteiger charge is 1.86. The van der Waals surface area contributed by atoms with Crippen molar-refractivity contribution >= 4 is 30.3 Å². The van der Waals surface area contributed by atoms with Crippen molar-refractivity contribution in [2.75, 3.05) is 0 Å². The first-order valence-electron chi connectivity index (χ1n) is 3.27. The molecule has 0 aliphatic rings. The highest BCUT2D eigenvalue weighted by atomic mass is 28.3. The van der Waals surface area contributed by atoms with Gasteiger partial charge in [0, 0.05) is 0 Å². The Labute approximate surface area is 64.9 Å². The van der Waals surface area contributed by atoms with Crippen molar-refractivity contribution in [2.45, 2.75) is 18.9 Å². The Hall–Kier alpha value is 0.571. The van der Waals surface area contributed by atoms with E-state index < -0.39 is 10.0 Å². The molecule has 9 heavy (non-hydrogen) atoms. The Kier molecular flexibility index (Phi) is 9.11. The van der Waals surface area contributed by atoms with Gasteiger partial charge >= 0.3 is 0 Å². The van der Waals surface area contributed by atoms with Crippen molar-refractivity contribution in [3.05, 3.63) is 6.92 Å². The van der Waals surface area contributed by atoms with Crippen molar-refractivity contribution < 1.29 is 8.23 Å². The summed E-state index contributed by atoms with van der Waals surface area (Å²) < 4.78 is 10.3. The molecule has 0 aliphatic heterocycles. The van der Waals surface area contributed by atoms with Crippen LogP contribution in [0.4, 0.5) is 0 Å². The van der Waals surface area contributed by atoms with Gasteiger partial charge in [0.1, 0.15) is 20.2 Å². The lowest BCUT2D eigenvalue weighted by Gasteiger charge is -1.99. The minimum absolute atomic E-state index is 0.192. The predicted octanol–water partition coefficient (Wildman–Crippen LogP) is -1.58. The average molecular weight is 179 g/mol. The molecule has 55 valence electrons. The van der Waals surface area contributed by atoms with Crippen molar-refractivity contribution in [1.82, 2.24) is 0 Å². The normalized spacial score (nSPS) is 13.0. The van der Waals surface area contributed by atoms with E-state index in [2.05, 4.69) is 6.92 Å². The molecule has 0 atom stereocenters. The van der Waals surface area contributed by atoms with Gasteiger partial charge in [-0.2, -0.15) is 0 Å². The molecule has 0 aromatic rings. The van der Waals surface area contributed by atoms with Crippen LogP contribution in [0.5, 0.6) is 0 Å². The van der Waals surface area contributed by atoms with Crippen LogP contribution in [0.3, 0.4) is 0 Å². The molecule has 0 rings (SSSR count). The van der Waals surface area contributed by atoms with E-state index in [1.165, 1.54) is 12.5 Å². The third kappa shape index (κ3) is 8.57. The molecule has 0 spiro atoms. The third-order valence-corrected chi connectivity index (χ3v) is 4.54. The van der Waals surface area contributed by atoms with Crippen LogP contribution in [0, 0.1) is 6.92 Å². The van der Waals surface area contributed by atoms with Crippen LogP contribution in [-0.4, -0.2) is 30.3 Å². The maximum absolute atomic E-state index is 5.35.